The minimum atomic E-state index is 0.604. The maximum absolute atomic E-state index is 5.99. The van der Waals surface area contributed by atoms with Crippen molar-refractivity contribution in [3.05, 3.63) is 35.0 Å². The van der Waals surface area contributed by atoms with E-state index in [9.17, 15) is 0 Å². The van der Waals surface area contributed by atoms with Crippen LogP contribution in [0.25, 0.3) is 22.1 Å². The van der Waals surface area contributed by atoms with Gasteiger partial charge in [0, 0.05) is 35.9 Å². The molecule has 116 valence electrons. The van der Waals surface area contributed by atoms with Crippen molar-refractivity contribution in [1.82, 2.24) is 25.5 Å². The van der Waals surface area contributed by atoms with Crippen LogP contribution in [0.5, 0.6) is 5.75 Å². The molecule has 4 heterocycles. The Bertz CT molecular complexity index is 853. The molecule has 7 heteroatoms. The van der Waals surface area contributed by atoms with Crippen molar-refractivity contribution in [3.63, 3.8) is 0 Å². The molecule has 0 amide bonds. The predicted molar refractivity (Wildman–Crippen MR) is 87.7 cm³/mol. The average Bonchev–Trinajstić information content (AvgIpc) is 3.13. The summed E-state index contributed by atoms with van der Waals surface area (Å²) < 4.78 is 5.99. The molecule has 1 saturated heterocycles. The second kappa shape index (κ2) is 5.14. The lowest BCUT2D eigenvalue weighted by Gasteiger charge is -2.28. The third-order valence-electron chi connectivity index (χ3n) is 4.42. The van der Waals surface area contributed by atoms with Gasteiger partial charge in [-0.15, -0.1) is 11.3 Å². The van der Waals surface area contributed by atoms with Gasteiger partial charge in [-0.2, -0.15) is 5.10 Å². The van der Waals surface area contributed by atoms with Gasteiger partial charge in [0.25, 0.3) is 0 Å². The van der Waals surface area contributed by atoms with Gasteiger partial charge in [0.15, 0.2) is 10.8 Å². The summed E-state index contributed by atoms with van der Waals surface area (Å²) in [6.45, 7) is 2.79. The summed E-state index contributed by atoms with van der Waals surface area (Å²) >= 11 is 1.66. The Morgan fingerprint density at radius 2 is 2.22 bits per heavy atom. The Hall–Kier alpha value is -2.25. The van der Waals surface area contributed by atoms with Crippen LogP contribution in [0, 0.1) is 0 Å². The number of fused-ring (bicyclic) bond motifs is 3. The van der Waals surface area contributed by atoms with Gasteiger partial charge < -0.3 is 10.1 Å². The van der Waals surface area contributed by atoms with Crippen LogP contribution in [-0.2, 0) is 6.42 Å². The highest BCUT2D eigenvalue weighted by atomic mass is 32.1. The first kappa shape index (κ1) is 13.2. The molecule has 0 aliphatic carbocycles. The van der Waals surface area contributed by atoms with E-state index in [4.69, 9.17) is 9.72 Å². The first-order valence-electron chi connectivity index (χ1n) is 7.72. The Balaban J connectivity index is 1.60. The van der Waals surface area contributed by atoms with Gasteiger partial charge in [0.05, 0.1) is 12.3 Å². The van der Waals surface area contributed by atoms with E-state index < -0.39 is 0 Å². The number of aromatic nitrogens is 4. The van der Waals surface area contributed by atoms with Crippen molar-refractivity contribution in [3.8, 4) is 27.8 Å². The molecular formula is C16H15N5OS. The lowest BCUT2D eigenvalue weighted by Crippen LogP contribution is -2.39. The molecule has 2 N–H and O–H groups in total. The van der Waals surface area contributed by atoms with E-state index in [0.29, 0.717) is 12.5 Å². The molecule has 0 spiro atoms. The van der Waals surface area contributed by atoms with E-state index in [1.165, 1.54) is 16.8 Å². The average molecular weight is 325 g/mol. The van der Waals surface area contributed by atoms with E-state index in [1.807, 2.05) is 0 Å². The number of aromatic amines is 1. The summed E-state index contributed by atoms with van der Waals surface area (Å²) in [4.78, 5) is 10.2. The smallest absolute Gasteiger partial charge is 0.184 e. The van der Waals surface area contributed by atoms with Crippen molar-refractivity contribution in [2.45, 2.75) is 12.3 Å². The Labute approximate surface area is 136 Å². The number of H-pyrrole nitrogens is 1. The number of rotatable bonds is 2. The van der Waals surface area contributed by atoms with E-state index in [1.54, 1.807) is 11.3 Å². The Morgan fingerprint density at radius 3 is 3.00 bits per heavy atom. The van der Waals surface area contributed by atoms with E-state index in [0.717, 1.165) is 47.3 Å². The maximum Gasteiger partial charge on any atom is 0.184 e. The molecule has 2 aliphatic rings. The van der Waals surface area contributed by atoms with Crippen LogP contribution in [-0.4, -0.2) is 39.9 Å². The van der Waals surface area contributed by atoms with Crippen molar-refractivity contribution >= 4 is 11.3 Å². The maximum atomic E-state index is 5.99. The largest absolute Gasteiger partial charge is 0.492 e. The summed E-state index contributed by atoms with van der Waals surface area (Å²) in [6.07, 6.45) is 2.38. The van der Waals surface area contributed by atoms with Crippen molar-refractivity contribution in [1.29, 1.82) is 0 Å². The van der Waals surface area contributed by atoms with E-state index >= 15 is 0 Å². The van der Waals surface area contributed by atoms with Gasteiger partial charge in [-0.3, -0.25) is 5.10 Å². The van der Waals surface area contributed by atoms with Gasteiger partial charge in [0.1, 0.15) is 12.1 Å². The molecule has 5 rings (SSSR count). The fourth-order valence-corrected chi connectivity index (χ4v) is 4.03. The zero-order valence-corrected chi connectivity index (χ0v) is 13.2. The third kappa shape index (κ3) is 2.15. The van der Waals surface area contributed by atoms with Crippen LogP contribution in [0.15, 0.2) is 24.5 Å². The van der Waals surface area contributed by atoms with Crippen molar-refractivity contribution in [2.24, 2.45) is 0 Å². The molecule has 1 fully saturated rings. The second-order valence-electron chi connectivity index (χ2n) is 5.83. The van der Waals surface area contributed by atoms with E-state index in [2.05, 4.69) is 38.7 Å². The first-order valence-corrected chi connectivity index (χ1v) is 8.53. The number of thiazole rings is 1. The number of hydrogen-bond acceptors (Lipinski definition) is 6. The lowest BCUT2D eigenvalue weighted by molar-refractivity contribution is 0.326. The standard InChI is InChI=1S/C16H15N5OS/c1-2-11-12(5-9(1)10-6-17-7-10)22-4-3-13-14(11)20-16(23-13)15-18-8-19-21-15/h1-2,5,8,10,17H,3-4,6-7H2,(H,18,19,21). The second-order valence-corrected chi connectivity index (χ2v) is 6.92. The van der Waals surface area contributed by atoms with Gasteiger partial charge in [-0.25, -0.2) is 9.97 Å². The quantitative estimate of drug-likeness (QED) is 0.755. The summed E-state index contributed by atoms with van der Waals surface area (Å²) in [5.74, 6) is 2.28. The zero-order chi connectivity index (χ0) is 15.2. The number of nitrogens with one attached hydrogen (secondary N) is 2. The fraction of sp³-hybridized carbons (Fsp3) is 0.312. The summed E-state index contributed by atoms with van der Waals surface area (Å²) in [5.41, 5.74) is 3.44. The van der Waals surface area contributed by atoms with Crippen LogP contribution in [0.1, 0.15) is 16.4 Å². The fourth-order valence-electron chi connectivity index (χ4n) is 3.03. The molecule has 6 nitrogen and oxygen atoms in total. The van der Waals surface area contributed by atoms with E-state index in [-0.39, 0.29) is 0 Å². The van der Waals surface area contributed by atoms with Crippen molar-refractivity contribution < 1.29 is 4.74 Å². The summed E-state index contributed by atoms with van der Waals surface area (Å²) in [7, 11) is 0. The Morgan fingerprint density at radius 1 is 1.26 bits per heavy atom. The molecular weight excluding hydrogens is 310 g/mol. The number of benzene rings is 1. The van der Waals surface area contributed by atoms with Crippen molar-refractivity contribution in [2.75, 3.05) is 19.7 Å². The molecule has 0 radical (unpaired) electrons. The van der Waals surface area contributed by atoms with Crippen LogP contribution < -0.4 is 10.1 Å². The van der Waals surface area contributed by atoms with Crippen LogP contribution in [0.2, 0.25) is 0 Å². The molecule has 2 aliphatic heterocycles. The highest BCUT2D eigenvalue weighted by Crippen LogP contribution is 2.40. The van der Waals surface area contributed by atoms with Gasteiger partial charge in [-0.1, -0.05) is 6.07 Å². The monoisotopic (exact) mass is 325 g/mol. The minimum Gasteiger partial charge on any atom is -0.492 e. The minimum absolute atomic E-state index is 0.604. The van der Waals surface area contributed by atoms with Crippen LogP contribution in [0.4, 0.5) is 0 Å². The predicted octanol–water partition coefficient (Wildman–Crippen LogP) is 2.22. The number of hydrogen-bond donors (Lipinski definition) is 2. The van der Waals surface area contributed by atoms with Crippen LogP contribution in [0.3, 0.4) is 0 Å². The van der Waals surface area contributed by atoms with Gasteiger partial charge in [-0.05, 0) is 17.7 Å². The topological polar surface area (TPSA) is 75.7 Å². The highest BCUT2D eigenvalue weighted by molar-refractivity contribution is 7.15. The first-order chi connectivity index (χ1) is 11.4. The normalized spacial score (nSPS) is 16.9. The summed E-state index contributed by atoms with van der Waals surface area (Å²) in [5, 5.41) is 11.0. The van der Waals surface area contributed by atoms with Crippen LogP contribution >= 0.6 is 11.3 Å². The molecule has 0 unspecified atom stereocenters. The molecule has 23 heavy (non-hydrogen) atoms. The lowest BCUT2D eigenvalue weighted by atomic mass is 9.92. The SMILES string of the molecule is c1n[nH]c(-c2nc3c(s2)CCOc2cc(C4CNC4)ccc2-3)n1. The zero-order valence-electron chi connectivity index (χ0n) is 12.4. The molecule has 0 bridgehead atoms. The number of ether oxygens (including phenoxy) is 1. The summed E-state index contributed by atoms with van der Waals surface area (Å²) in [6, 6.07) is 6.54. The Kier molecular flexibility index (Phi) is 2.95. The van der Waals surface area contributed by atoms with Gasteiger partial charge in [0.2, 0.25) is 0 Å². The molecule has 0 atom stereocenters. The van der Waals surface area contributed by atoms with Gasteiger partial charge >= 0.3 is 0 Å². The highest BCUT2D eigenvalue weighted by Gasteiger charge is 2.24. The molecule has 0 saturated carbocycles. The third-order valence-corrected chi connectivity index (χ3v) is 5.54. The molecule has 1 aromatic carbocycles. The molecule has 3 aromatic rings. The molecule has 2 aromatic heterocycles. The number of nitrogens with zero attached hydrogens (tertiary/aromatic N) is 3.